The Labute approximate surface area is 135 Å². The summed E-state index contributed by atoms with van der Waals surface area (Å²) in [6, 6.07) is 4.37. The van der Waals surface area contributed by atoms with E-state index in [-0.39, 0.29) is 21.8 Å². The summed E-state index contributed by atoms with van der Waals surface area (Å²) in [5.41, 5.74) is 0.0154. The maximum Gasteiger partial charge on any atom is 0.342 e. The first kappa shape index (κ1) is 16.1. The Morgan fingerprint density at radius 3 is 2.55 bits per heavy atom. The highest BCUT2D eigenvalue weighted by atomic mass is 35.5. The molecule has 2 rings (SSSR count). The number of nitrogens with zero attached hydrogens (tertiary/aromatic N) is 3. The van der Waals surface area contributed by atoms with Crippen LogP contribution < -0.4 is 5.32 Å². The fourth-order valence-electron chi connectivity index (χ4n) is 1.42. The van der Waals surface area contributed by atoms with Crippen molar-refractivity contribution in [2.75, 3.05) is 5.32 Å². The third-order valence-corrected chi connectivity index (χ3v) is 2.99. The number of halogens is 2. The first-order valence-electron chi connectivity index (χ1n) is 6.08. The number of nitrogens with one attached hydrogen (secondary N) is 1. The van der Waals surface area contributed by atoms with Crippen LogP contribution in [0.1, 0.15) is 17.3 Å². The molecule has 1 amide bonds. The summed E-state index contributed by atoms with van der Waals surface area (Å²) in [5, 5.41) is 2.46. The average molecular weight is 341 g/mol. The molecule has 0 aliphatic rings. The van der Waals surface area contributed by atoms with E-state index < -0.39 is 18.0 Å². The van der Waals surface area contributed by atoms with Crippen molar-refractivity contribution in [2.24, 2.45) is 0 Å². The lowest BCUT2D eigenvalue weighted by molar-refractivity contribution is -0.123. The zero-order valence-corrected chi connectivity index (χ0v) is 12.8. The molecule has 0 saturated heterocycles. The second kappa shape index (κ2) is 7.15. The minimum atomic E-state index is -1.07. The van der Waals surface area contributed by atoms with Crippen molar-refractivity contribution in [1.29, 1.82) is 0 Å². The second-order valence-electron chi connectivity index (χ2n) is 4.08. The number of pyridine rings is 1. The molecule has 0 aliphatic carbocycles. The number of amides is 1. The van der Waals surface area contributed by atoms with E-state index in [0.29, 0.717) is 0 Å². The summed E-state index contributed by atoms with van der Waals surface area (Å²) < 4.78 is 5.02. The molecule has 1 atom stereocenters. The summed E-state index contributed by atoms with van der Waals surface area (Å²) in [7, 11) is 0. The van der Waals surface area contributed by atoms with Crippen molar-refractivity contribution in [1.82, 2.24) is 15.0 Å². The predicted molar refractivity (Wildman–Crippen MR) is 79.8 cm³/mol. The van der Waals surface area contributed by atoms with Crippen molar-refractivity contribution in [3.8, 4) is 0 Å². The number of carbonyl (C=O) groups excluding carboxylic acids is 2. The number of anilines is 1. The zero-order valence-electron chi connectivity index (χ0n) is 11.3. The molecular weight excluding hydrogens is 331 g/mol. The second-order valence-corrected chi connectivity index (χ2v) is 4.83. The first-order valence-corrected chi connectivity index (χ1v) is 6.84. The minimum absolute atomic E-state index is 0.0154. The van der Waals surface area contributed by atoms with Gasteiger partial charge in [0, 0.05) is 12.4 Å². The fraction of sp³-hybridized carbons (Fsp3) is 0.154. The Balaban J connectivity index is 2.00. The molecule has 0 aromatic carbocycles. The Kier molecular flexibility index (Phi) is 5.24. The number of hydrogen-bond donors (Lipinski definition) is 1. The number of esters is 1. The van der Waals surface area contributed by atoms with Crippen LogP contribution in [0.5, 0.6) is 0 Å². The van der Waals surface area contributed by atoms with Gasteiger partial charge in [0.15, 0.2) is 6.10 Å². The lowest BCUT2D eigenvalue weighted by atomic mass is 10.3. The third kappa shape index (κ3) is 4.12. The lowest BCUT2D eigenvalue weighted by Gasteiger charge is -2.13. The van der Waals surface area contributed by atoms with Gasteiger partial charge >= 0.3 is 5.97 Å². The van der Waals surface area contributed by atoms with Crippen LogP contribution in [0.15, 0.2) is 30.6 Å². The topological polar surface area (TPSA) is 94.1 Å². The molecule has 0 aliphatic heterocycles. The molecule has 0 bridgehead atoms. The van der Waals surface area contributed by atoms with Gasteiger partial charge in [0.05, 0.1) is 5.56 Å². The lowest BCUT2D eigenvalue weighted by Crippen LogP contribution is -2.30. The van der Waals surface area contributed by atoms with Gasteiger partial charge in [-0.25, -0.2) is 19.7 Å². The smallest absolute Gasteiger partial charge is 0.342 e. The summed E-state index contributed by atoms with van der Waals surface area (Å²) in [6.07, 6.45) is 1.87. The van der Waals surface area contributed by atoms with Gasteiger partial charge in [-0.2, -0.15) is 0 Å². The van der Waals surface area contributed by atoms with Gasteiger partial charge in [0.25, 0.3) is 5.91 Å². The van der Waals surface area contributed by atoms with Crippen LogP contribution in [0.2, 0.25) is 10.3 Å². The largest absolute Gasteiger partial charge is 0.449 e. The number of aromatic nitrogens is 3. The van der Waals surface area contributed by atoms with E-state index in [1.165, 1.54) is 31.5 Å². The van der Waals surface area contributed by atoms with E-state index in [2.05, 4.69) is 20.3 Å². The van der Waals surface area contributed by atoms with Crippen LogP contribution in [-0.2, 0) is 9.53 Å². The van der Waals surface area contributed by atoms with E-state index in [1.807, 2.05) is 0 Å². The molecule has 9 heteroatoms. The zero-order chi connectivity index (χ0) is 16.1. The molecule has 7 nitrogen and oxygen atoms in total. The van der Waals surface area contributed by atoms with Crippen molar-refractivity contribution in [3.05, 3.63) is 46.5 Å². The Morgan fingerprint density at radius 2 is 1.91 bits per heavy atom. The maximum absolute atomic E-state index is 11.9. The molecule has 2 aromatic heterocycles. The normalized spacial score (nSPS) is 11.6. The summed E-state index contributed by atoms with van der Waals surface area (Å²) in [4.78, 5) is 35.2. The molecule has 0 fully saturated rings. The van der Waals surface area contributed by atoms with Gasteiger partial charge in [0.1, 0.15) is 10.3 Å². The number of rotatable bonds is 4. The molecule has 0 saturated carbocycles. The van der Waals surface area contributed by atoms with Gasteiger partial charge < -0.3 is 4.74 Å². The molecule has 0 radical (unpaired) electrons. The molecule has 114 valence electrons. The molecule has 2 heterocycles. The highest BCUT2D eigenvalue weighted by Crippen LogP contribution is 2.18. The van der Waals surface area contributed by atoms with Gasteiger partial charge in [-0.05, 0) is 25.1 Å². The minimum Gasteiger partial charge on any atom is -0.449 e. The quantitative estimate of drug-likeness (QED) is 0.678. The van der Waals surface area contributed by atoms with Crippen LogP contribution >= 0.6 is 23.2 Å². The van der Waals surface area contributed by atoms with E-state index in [1.54, 1.807) is 6.07 Å². The number of ether oxygens (including phenoxy) is 1. The molecule has 0 spiro atoms. The van der Waals surface area contributed by atoms with Gasteiger partial charge in [-0.1, -0.05) is 23.2 Å². The Hall–Kier alpha value is -2.25. The van der Waals surface area contributed by atoms with Gasteiger partial charge in [-0.3, -0.25) is 10.1 Å². The van der Waals surface area contributed by atoms with Crippen molar-refractivity contribution in [3.63, 3.8) is 0 Å². The summed E-state index contributed by atoms with van der Waals surface area (Å²) in [5.74, 6) is -1.25. The molecule has 1 N–H and O–H groups in total. The van der Waals surface area contributed by atoms with Crippen molar-refractivity contribution >= 4 is 41.0 Å². The van der Waals surface area contributed by atoms with Gasteiger partial charge in [0.2, 0.25) is 5.95 Å². The van der Waals surface area contributed by atoms with Gasteiger partial charge in [-0.15, -0.1) is 0 Å². The van der Waals surface area contributed by atoms with Crippen LogP contribution in [0, 0.1) is 0 Å². The predicted octanol–water partition coefficient (Wildman–Crippen LogP) is 2.36. The van der Waals surface area contributed by atoms with E-state index in [0.717, 1.165) is 0 Å². The standard InChI is InChI=1S/C13H10Cl2N4O3/c1-7(11(20)19-13-16-5-2-6-17-13)22-12(21)8-3-4-9(14)18-10(8)15/h2-7H,1H3,(H,16,17,19,20). The number of hydrogen-bond acceptors (Lipinski definition) is 6. The fourth-order valence-corrected chi connectivity index (χ4v) is 1.84. The summed E-state index contributed by atoms with van der Waals surface area (Å²) >= 11 is 11.4. The van der Waals surface area contributed by atoms with Crippen molar-refractivity contribution < 1.29 is 14.3 Å². The van der Waals surface area contributed by atoms with Crippen LogP contribution in [0.3, 0.4) is 0 Å². The molecule has 2 aromatic rings. The highest BCUT2D eigenvalue weighted by molar-refractivity contribution is 6.34. The van der Waals surface area contributed by atoms with E-state index in [4.69, 9.17) is 27.9 Å². The first-order chi connectivity index (χ1) is 10.5. The third-order valence-electron chi connectivity index (χ3n) is 2.49. The SMILES string of the molecule is CC(OC(=O)c1ccc(Cl)nc1Cl)C(=O)Nc1ncccn1. The average Bonchev–Trinajstić information content (AvgIpc) is 2.47. The Morgan fingerprint density at radius 1 is 1.23 bits per heavy atom. The monoisotopic (exact) mass is 340 g/mol. The van der Waals surface area contributed by atoms with Crippen LogP contribution in [0.4, 0.5) is 5.95 Å². The Bertz CT molecular complexity index is 697. The molecule has 22 heavy (non-hydrogen) atoms. The van der Waals surface area contributed by atoms with E-state index in [9.17, 15) is 9.59 Å². The number of carbonyl (C=O) groups is 2. The van der Waals surface area contributed by atoms with Crippen LogP contribution in [-0.4, -0.2) is 32.9 Å². The van der Waals surface area contributed by atoms with Crippen molar-refractivity contribution in [2.45, 2.75) is 13.0 Å². The molecular formula is C13H10Cl2N4O3. The highest BCUT2D eigenvalue weighted by Gasteiger charge is 2.21. The summed E-state index contributed by atoms with van der Waals surface area (Å²) in [6.45, 7) is 1.41. The molecule has 1 unspecified atom stereocenters. The maximum atomic E-state index is 11.9. The van der Waals surface area contributed by atoms with Crippen LogP contribution in [0.25, 0.3) is 0 Å². The van der Waals surface area contributed by atoms with E-state index >= 15 is 0 Å².